The Kier molecular flexibility index (Phi) is 6.19. The van der Waals surface area contributed by atoms with E-state index in [0.717, 1.165) is 10.8 Å². The number of carbonyl (C=O) groups is 1. The lowest BCUT2D eigenvalue weighted by molar-refractivity contribution is -0.113. The number of imidazole rings is 1. The number of benzene rings is 2. The smallest absolute Gasteiger partial charge is 0.234 e. The second-order valence-corrected chi connectivity index (χ2v) is 7.31. The van der Waals surface area contributed by atoms with Gasteiger partial charge >= 0.3 is 0 Å². The van der Waals surface area contributed by atoms with Crippen molar-refractivity contribution in [3.63, 3.8) is 0 Å². The Labute approximate surface area is 163 Å². The number of nitrogens with zero attached hydrogens (tertiary/aromatic N) is 2. The first kappa shape index (κ1) is 19.0. The highest BCUT2D eigenvalue weighted by atomic mass is 32.2. The van der Waals surface area contributed by atoms with E-state index >= 15 is 0 Å². The van der Waals surface area contributed by atoms with Crippen LogP contribution in [0.25, 0.3) is 5.69 Å². The molecule has 0 saturated heterocycles. The minimum atomic E-state index is -0.103. The Morgan fingerprint density at radius 1 is 1.19 bits per heavy atom. The molecule has 1 aromatic heterocycles. The van der Waals surface area contributed by atoms with Crippen LogP contribution in [0.5, 0.6) is 5.75 Å². The van der Waals surface area contributed by atoms with Crippen LogP contribution < -0.4 is 10.1 Å². The third-order valence-electron chi connectivity index (χ3n) is 4.16. The zero-order valence-corrected chi connectivity index (χ0v) is 16.5. The van der Waals surface area contributed by atoms with Crippen LogP contribution in [-0.2, 0) is 4.79 Å². The number of aromatic nitrogens is 2. The summed E-state index contributed by atoms with van der Waals surface area (Å²) in [5.74, 6) is 1.30. The highest BCUT2D eigenvalue weighted by molar-refractivity contribution is 7.99. The number of methoxy groups -OCH3 is 1. The number of hydrogen-bond donors (Lipinski definition) is 1. The van der Waals surface area contributed by atoms with Gasteiger partial charge in [0.2, 0.25) is 5.91 Å². The number of carbonyl (C=O) groups excluding carboxylic acids is 1. The monoisotopic (exact) mass is 381 g/mol. The van der Waals surface area contributed by atoms with Crippen LogP contribution in [0.1, 0.15) is 25.3 Å². The number of nitrogens with one attached hydrogen (secondary N) is 1. The molecule has 0 radical (unpaired) electrons. The fourth-order valence-corrected chi connectivity index (χ4v) is 3.45. The van der Waals surface area contributed by atoms with Gasteiger partial charge in [-0.3, -0.25) is 9.36 Å². The summed E-state index contributed by atoms with van der Waals surface area (Å²) in [7, 11) is 1.58. The van der Waals surface area contributed by atoms with Crippen LogP contribution in [0.15, 0.2) is 66.1 Å². The Morgan fingerprint density at radius 3 is 2.63 bits per heavy atom. The van der Waals surface area contributed by atoms with Gasteiger partial charge < -0.3 is 10.1 Å². The summed E-state index contributed by atoms with van der Waals surface area (Å²) in [5.41, 5.74) is 2.99. The minimum absolute atomic E-state index is 0.103. The molecule has 0 bridgehead atoms. The van der Waals surface area contributed by atoms with Gasteiger partial charge in [0.15, 0.2) is 5.16 Å². The molecule has 0 fully saturated rings. The van der Waals surface area contributed by atoms with Crippen molar-refractivity contribution in [1.82, 2.24) is 9.55 Å². The summed E-state index contributed by atoms with van der Waals surface area (Å²) < 4.78 is 7.25. The highest BCUT2D eigenvalue weighted by Gasteiger charge is 2.11. The first-order valence-corrected chi connectivity index (χ1v) is 9.76. The van der Waals surface area contributed by atoms with Crippen molar-refractivity contribution >= 4 is 23.4 Å². The molecule has 0 saturated carbocycles. The van der Waals surface area contributed by atoms with Crippen molar-refractivity contribution in [2.24, 2.45) is 0 Å². The van der Waals surface area contributed by atoms with E-state index in [9.17, 15) is 4.79 Å². The average molecular weight is 382 g/mol. The molecule has 3 rings (SSSR count). The molecule has 1 amide bonds. The van der Waals surface area contributed by atoms with E-state index in [4.69, 9.17) is 4.74 Å². The number of thioether (sulfide) groups is 1. The summed E-state index contributed by atoms with van der Waals surface area (Å²) in [6, 6.07) is 15.8. The van der Waals surface area contributed by atoms with Gasteiger partial charge in [0, 0.05) is 18.1 Å². The molecule has 0 aliphatic heterocycles. The summed E-state index contributed by atoms with van der Waals surface area (Å²) in [6.45, 7) is 4.35. The van der Waals surface area contributed by atoms with Crippen molar-refractivity contribution in [1.29, 1.82) is 0 Å². The summed E-state index contributed by atoms with van der Waals surface area (Å²) in [6.07, 6.45) is 3.65. The number of amides is 1. The lowest BCUT2D eigenvalue weighted by atomic mass is 10.0. The van der Waals surface area contributed by atoms with E-state index in [1.54, 1.807) is 13.3 Å². The molecule has 6 heteroatoms. The largest absolute Gasteiger partial charge is 0.495 e. The molecule has 27 heavy (non-hydrogen) atoms. The zero-order chi connectivity index (χ0) is 19.2. The molecule has 1 N–H and O–H groups in total. The summed E-state index contributed by atoms with van der Waals surface area (Å²) in [4.78, 5) is 16.7. The summed E-state index contributed by atoms with van der Waals surface area (Å²) >= 11 is 1.40. The molecule has 1 heterocycles. The molecule has 2 aromatic carbocycles. The van der Waals surface area contributed by atoms with Gasteiger partial charge in [-0.05, 0) is 35.7 Å². The topological polar surface area (TPSA) is 56.1 Å². The van der Waals surface area contributed by atoms with E-state index in [1.165, 1.54) is 17.3 Å². The van der Waals surface area contributed by atoms with Gasteiger partial charge in [-0.25, -0.2) is 4.98 Å². The average Bonchev–Trinajstić information content (AvgIpc) is 3.15. The van der Waals surface area contributed by atoms with Crippen molar-refractivity contribution < 1.29 is 9.53 Å². The lowest BCUT2D eigenvalue weighted by Gasteiger charge is -2.11. The quantitative estimate of drug-likeness (QED) is 0.601. The van der Waals surface area contributed by atoms with Gasteiger partial charge in [0.25, 0.3) is 0 Å². The Hall–Kier alpha value is -2.73. The predicted molar refractivity (Wildman–Crippen MR) is 110 cm³/mol. The molecule has 140 valence electrons. The molecule has 0 spiro atoms. The van der Waals surface area contributed by atoms with Crippen LogP contribution >= 0.6 is 11.8 Å². The van der Waals surface area contributed by atoms with Gasteiger partial charge in [0.05, 0.1) is 18.6 Å². The lowest BCUT2D eigenvalue weighted by Crippen LogP contribution is -2.15. The second-order valence-electron chi connectivity index (χ2n) is 6.36. The van der Waals surface area contributed by atoms with Crippen molar-refractivity contribution in [2.45, 2.75) is 24.9 Å². The third-order valence-corrected chi connectivity index (χ3v) is 5.12. The first-order valence-electron chi connectivity index (χ1n) is 8.78. The molecular weight excluding hydrogens is 358 g/mol. The Balaban J connectivity index is 1.65. The van der Waals surface area contributed by atoms with E-state index in [2.05, 4.69) is 48.4 Å². The third kappa shape index (κ3) is 4.71. The first-order chi connectivity index (χ1) is 13.1. The fraction of sp³-hybridized carbons (Fsp3) is 0.238. The zero-order valence-electron chi connectivity index (χ0n) is 15.7. The maximum atomic E-state index is 12.3. The van der Waals surface area contributed by atoms with Crippen molar-refractivity contribution in [2.75, 3.05) is 18.2 Å². The Morgan fingerprint density at radius 2 is 1.93 bits per heavy atom. The SMILES string of the molecule is COc1ccccc1NC(=O)CSc1nccn1-c1ccc(C(C)C)cc1. The fourth-order valence-electron chi connectivity index (χ4n) is 2.68. The number of rotatable bonds is 7. The van der Waals surface area contributed by atoms with E-state index in [1.807, 2.05) is 35.0 Å². The van der Waals surface area contributed by atoms with E-state index < -0.39 is 0 Å². The molecule has 3 aromatic rings. The van der Waals surface area contributed by atoms with Gasteiger partial charge in [-0.2, -0.15) is 0 Å². The maximum absolute atomic E-state index is 12.3. The van der Waals surface area contributed by atoms with Crippen LogP contribution in [-0.4, -0.2) is 28.3 Å². The van der Waals surface area contributed by atoms with Crippen LogP contribution in [0, 0.1) is 0 Å². The van der Waals surface area contributed by atoms with Crippen LogP contribution in [0.3, 0.4) is 0 Å². The second kappa shape index (κ2) is 8.77. The molecule has 0 atom stereocenters. The van der Waals surface area contributed by atoms with E-state index in [-0.39, 0.29) is 11.7 Å². The molecule has 0 unspecified atom stereocenters. The van der Waals surface area contributed by atoms with Crippen LogP contribution in [0.2, 0.25) is 0 Å². The van der Waals surface area contributed by atoms with E-state index in [0.29, 0.717) is 17.4 Å². The van der Waals surface area contributed by atoms with Crippen molar-refractivity contribution in [3.8, 4) is 11.4 Å². The van der Waals surface area contributed by atoms with Crippen LogP contribution in [0.4, 0.5) is 5.69 Å². The molecular formula is C21H23N3O2S. The normalized spacial score (nSPS) is 10.8. The predicted octanol–water partition coefficient (Wildman–Crippen LogP) is 4.74. The number of para-hydroxylation sites is 2. The van der Waals surface area contributed by atoms with Gasteiger partial charge in [-0.15, -0.1) is 0 Å². The highest BCUT2D eigenvalue weighted by Crippen LogP contribution is 2.25. The molecule has 0 aliphatic rings. The molecule has 0 aliphatic carbocycles. The van der Waals surface area contributed by atoms with Crippen molar-refractivity contribution in [3.05, 3.63) is 66.5 Å². The number of hydrogen-bond acceptors (Lipinski definition) is 4. The maximum Gasteiger partial charge on any atom is 0.234 e. The number of anilines is 1. The Bertz CT molecular complexity index is 904. The standard InChI is InChI=1S/C21H23N3O2S/c1-15(2)16-8-10-17(11-9-16)24-13-12-22-21(24)27-14-20(25)23-18-6-4-5-7-19(18)26-3/h4-13,15H,14H2,1-3H3,(H,23,25). The van der Waals surface area contributed by atoms with Gasteiger partial charge in [-0.1, -0.05) is 49.9 Å². The van der Waals surface area contributed by atoms with Gasteiger partial charge in [0.1, 0.15) is 5.75 Å². The minimum Gasteiger partial charge on any atom is -0.495 e. The number of ether oxygens (including phenoxy) is 1. The molecule has 5 nitrogen and oxygen atoms in total. The summed E-state index contributed by atoms with van der Waals surface area (Å²) in [5, 5.41) is 3.66.